The van der Waals surface area contributed by atoms with Crippen LogP contribution in [0.5, 0.6) is 0 Å². The number of hydrogen-bond acceptors (Lipinski definition) is 8. The summed E-state index contributed by atoms with van der Waals surface area (Å²) >= 11 is 2.78. The quantitative estimate of drug-likeness (QED) is 0.452. The van der Waals surface area contributed by atoms with Gasteiger partial charge in [-0.15, -0.1) is 10.2 Å². The smallest absolute Gasteiger partial charge is 0.339 e. The molecule has 0 spiro atoms. The van der Waals surface area contributed by atoms with E-state index in [1.165, 1.54) is 18.9 Å². The minimum Gasteiger partial charge on any atom is -0.465 e. The highest BCUT2D eigenvalue weighted by molar-refractivity contribution is 8.00. The molecule has 0 aliphatic heterocycles. The van der Waals surface area contributed by atoms with Crippen molar-refractivity contribution >= 4 is 35.3 Å². The largest absolute Gasteiger partial charge is 0.465 e. The molecule has 0 aromatic carbocycles. The lowest BCUT2D eigenvalue weighted by molar-refractivity contribution is 0.0599. The van der Waals surface area contributed by atoms with Gasteiger partial charge in [0.05, 0.1) is 29.4 Å². The number of carbonyl (C=O) groups excluding carboxylic acids is 2. The van der Waals surface area contributed by atoms with Crippen LogP contribution in [0.15, 0.2) is 9.64 Å². The van der Waals surface area contributed by atoms with E-state index >= 15 is 0 Å². The third-order valence-electron chi connectivity index (χ3n) is 3.44. The molecule has 130 valence electrons. The zero-order chi connectivity index (χ0) is 17.9. The highest BCUT2D eigenvalue weighted by Gasteiger charge is 2.27. The van der Waals surface area contributed by atoms with E-state index in [0.29, 0.717) is 39.4 Å². The third-order valence-corrected chi connectivity index (χ3v) is 4.91. The number of aromatic amines is 1. The molecule has 7 nitrogen and oxygen atoms in total. The summed E-state index contributed by atoms with van der Waals surface area (Å²) in [6.07, 6.45) is 1.94. The number of aromatic nitrogens is 3. The van der Waals surface area contributed by atoms with Gasteiger partial charge in [0, 0.05) is 5.69 Å². The van der Waals surface area contributed by atoms with Gasteiger partial charge in [-0.05, 0) is 32.6 Å². The van der Waals surface area contributed by atoms with Crippen LogP contribution >= 0.6 is 23.5 Å². The Hall–Kier alpha value is -1.74. The number of hydrogen-bond donors (Lipinski definition) is 1. The summed E-state index contributed by atoms with van der Waals surface area (Å²) < 4.78 is 10.2. The van der Waals surface area contributed by atoms with Crippen molar-refractivity contribution in [2.24, 2.45) is 0 Å². The van der Waals surface area contributed by atoms with Crippen LogP contribution in [0.4, 0.5) is 0 Å². The molecule has 0 bridgehead atoms. The molecule has 0 aliphatic rings. The van der Waals surface area contributed by atoms with Gasteiger partial charge < -0.3 is 14.1 Å². The van der Waals surface area contributed by atoms with Crippen LogP contribution in [0.2, 0.25) is 0 Å². The summed E-state index contributed by atoms with van der Waals surface area (Å²) in [6.45, 7) is 5.23. The number of H-pyrrole nitrogens is 1. The van der Waals surface area contributed by atoms with Crippen LogP contribution < -0.4 is 0 Å². The molecule has 2 aromatic heterocycles. The van der Waals surface area contributed by atoms with Crippen molar-refractivity contribution in [3.8, 4) is 0 Å². The van der Waals surface area contributed by atoms with Crippen molar-refractivity contribution in [2.75, 3.05) is 13.4 Å². The average Bonchev–Trinajstić information content (AvgIpc) is 3.10. The molecule has 2 heterocycles. The first-order valence-electron chi connectivity index (χ1n) is 7.18. The molecule has 0 amide bonds. The number of carbonyl (C=O) groups is 2. The molecule has 0 saturated carbocycles. The number of rotatable bonds is 7. The maximum Gasteiger partial charge on any atom is 0.339 e. The molecule has 24 heavy (non-hydrogen) atoms. The Morgan fingerprint density at radius 3 is 2.67 bits per heavy atom. The lowest BCUT2D eigenvalue weighted by atomic mass is 10.1. The number of ether oxygens (including phenoxy) is 1. The van der Waals surface area contributed by atoms with Gasteiger partial charge in [-0.25, -0.2) is 4.79 Å². The Morgan fingerprint density at radius 2 is 2.04 bits per heavy atom. The van der Waals surface area contributed by atoms with Gasteiger partial charge in [0.2, 0.25) is 5.89 Å². The van der Waals surface area contributed by atoms with Crippen molar-refractivity contribution in [3.05, 3.63) is 28.4 Å². The van der Waals surface area contributed by atoms with Crippen molar-refractivity contribution in [3.63, 3.8) is 0 Å². The molecule has 2 rings (SSSR count). The number of ketones is 1. The fraction of sp³-hybridized carbons (Fsp3) is 0.467. The summed E-state index contributed by atoms with van der Waals surface area (Å²) in [5.41, 5.74) is 2.00. The molecular weight excluding hydrogens is 350 g/mol. The van der Waals surface area contributed by atoms with Gasteiger partial charge in [0.25, 0.3) is 5.22 Å². The van der Waals surface area contributed by atoms with E-state index in [9.17, 15) is 9.59 Å². The predicted octanol–water partition coefficient (Wildman–Crippen LogP) is 3.03. The standard InChI is InChI=1S/C15H19N3O4S2/c1-7-11(14(20)21-4)8(2)16-12(7)13(19)9(3)24-15-18-17-10(22-15)6-23-5/h9,16H,6H2,1-5H3. The Bertz CT molecular complexity index is 754. The zero-order valence-corrected chi connectivity index (χ0v) is 15.8. The Kier molecular flexibility index (Phi) is 6.11. The van der Waals surface area contributed by atoms with E-state index in [0.717, 1.165) is 0 Å². The minimum absolute atomic E-state index is 0.139. The van der Waals surface area contributed by atoms with Crippen LogP contribution in [-0.2, 0) is 10.5 Å². The molecule has 1 unspecified atom stereocenters. The second-order valence-corrected chi connectivity index (χ2v) is 7.29. The normalized spacial score (nSPS) is 12.2. The van der Waals surface area contributed by atoms with Crippen molar-refractivity contribution < 1.29 is 18.7 Å². The summed E-state index contributed by atoms with van der Waals surface area (Å²) in [5.74, 6) is 0.567. The van der Waals surface area contributed by atoms with E-state index in [2.05, 4.69) is 15.2 Å². The molecule has 0 radical (unpaired) electrons. The maximum absolute atomic E-state index is 12.7. The summed E-state index contributed by atoms with van der Waals surface area (Å²) in [7, 11) is 1.32. The Balaban J connectivity index is 2.17. The fourth-order valence-electron chi connectivity index (χ4n) is 2.28. The molecule has 2 aromatic rings. The summed E-state index contributed by atoms with van der Waals surface area (Å²) in [4.78, 5) is 27.5. The van der Waals surface area contributed by atoms with Crippen molar-refractivity contribution in [1.82, 2.24) is 15.2 Å². The molecule has 0 aliphatic carbocycles. The number of nitrogens with one attached hydrogen (secondary N) is 1. The SMILES string of the molecule is COC(=O)c1c(C)[nH]c(C(=O)C(C)Sc2nnc(CSC)o2)c1C. The van der Waals surface area contributed by atoms with Crippen LogP contribution in [0.25, 0.3) is 0 Å². The summed E-state index contributed by atoms with van der Waals surface area (Å²) in [5, 5.41) is 7.78. The van der Waals surface area contributed by atoms with E-state index in [4.69, 9.17) is 9.15 Å². The first kappa shape index (κ1) is 18.6. The minimum atomic E-state index is -0.459. The molecular formula is C15H19N3O4S2. The van der Waals surface area contributed by atoms with Gasteiger partial charge in [0.1, 0.15) is 0 Å². The number of Topliss-reactive ketones (excluding diaryl/α,β-unsaturated/α-hetero) is 1. The van der Waals surface area contributed by atoms with Gasteiger partial charge in [0.15, 0.2) is 5.78 Å². The van der Waals surface area contributed by atoms with Crippen molar-refractivity contribution in [1.29, 1.82) is 0 Å². The van der Waals surface area contributed by atoms with Crippen LogP contribution in [0.1, 0.15) is 44.9 Å². The van der Waals surface area contributed by atoms with Crippen molar-refractivity contribution in [2.45, 2.75) is 37.0 Å². The Morgan fingerprint density at radius 1 is 1.33 bits per heavy atom. The monoisotopic (exact) mass is 369 g/mol. The van der Waals surface area contributed by atoms with E-state index in [-0.39, 0.29) is 5.78 Å². The highest BCUT2D eigenvalue weighted by Crippen LogP contribution is 2.27. The van der Waals surface area contributed by atoms with E-state index < -0.39 is 11.2 Å². The van der Waals surface area contributed by atoms with Crippen LogP contribution in [0.3, 0.4) is 0 Å². The first-order valence-corrected chi connectivity index (χ1v) is 9.46. The maximum atomic E-state index is 12.7. The third kappa shape index (κ3) is 3.84. The summed E-state index contributed by atoms with van der Waals surface area (Å²) in [6, 6.07) is 0. The van der Waals surface area contributed by atoms with E-state index in [1.807, 2.05) is 6.26 Å². The molecule has 1 atom stereocenters. The van der Waals surface area contributed by atoms with Crippen LogP contribution in [-0.4, -0.2) is 45.5 Å². The molecule has 0 fully saturated rings. The Labute approximate surface area is 148 Å². The number of methoxy groups -OCH3 is 1. The number of esters is 1. The lowest BCUT2D eigenvalue weighted by Crippen LogP contribution is -2.15. The zero-order valence-electron chi connectivity index (χ0n) is 14.1. The topological polar surface area (TPSA) is 98.1 Å². The average molecular weight is 369 g/mol. The molecule has 0 saturated heterocycles. The molecule has 1 N–H and O–H groups in total. The number of aryl methyl sites for hydroxylation is 1. The van der Waals surface area contributed by atoms with Gasteiger partial charge >= 0.3 is 5.97 Å². The lowest BCUT2D eigenvalue weighted by Gasteiger charge is -2.07. The van der Waals surface area contributed by atoms with E-state index in [1.54, 1.807) is 32.5 Å². The van der Waals surface area contributed by atoms with Gasteiger partial charge in [-0.2, -0.15) is 11.8 Å². The second kappa shape index (κ2) is 7.89. The fourth-order valence-corrected chi connectivity index (χ4v) is 3.40. The number of nitrogens with zero attached hydrogens (tertiary/aromatic N) is 2. The van der Waals surface area contributed by atoms with Gasteiger partial charge in [-0.3, -0.25) is 4.79 Å². The van der Waals surface area contributed by atoms with Gasteiger partial charge in [-0.1, -0.05) is 11.8 Å². The van der Waals surface area contributed by atoms with Crippen LogP contribution in [0, 0.1) is 13.8 Å². The number of thioether (sulfide) groups is 2. The highest BCUT2D eigenvalue weighted by atomic mass is 32.2. The predicted molar refractivity (Wildman–Crippen MR) is 92.8 cm³/mol. The molecule has 9 heteroatoms. The second-order valence-electron chi connectivity index (χ2n) is 5.14. The first-order chi connectivity index (χ1) is 11.4.